The van der Waals surface area contributed by atoms with E-state index < -0.39 is 11.4 Å². The van der Waals surface area contributed by atoms with Crippen molar-refractivity contribution in [3.05, 3.63) is 29.0 Å². The van der Waals surface area contributed by atoms with E-state index in [4.69, 9.17) is 11.6 Å². The molecule has 1 aromatic heterocycles. The van der Waals surface area contributed by atoms with E-state index in [2.05, 4.69) is 4.98 Å². The van der Waals surface area contributed by atoms with Crippen molar-refractivity contribution in [2.45, 2.75) is 38.5 Å². The summed E-state index contributed by atoms with van der Waals surface area (Å²) < 4.78 is 13.8. The summed E-state index contributed by atoms with van der Waals surface area (Å²) >= 11 is 4.86. The molecule has 3 nitrogen and oxygen atoms in total. The lowest BCUT2D eigenvalue weighted by Gasteiger charge is -2.33. The zero-order chi connectivity index (χ0) is 13.2. The molecule has 0 amide bonds. The maximum absolute atomic E-state index is 12.2. The Bertz CT molecular complexity index is 381. The van der Waals surface area contributed by atoms with Crippen LogP contribution >= 0.6 is 11.6 Å². The third-order valence-electron chi connectivity index (χ3n) is 2.50. The standard InChI is InChI=1S/C12H19ClN2OS/c1-9(11-8-10(13)6-7-14-11)15(5)17(16)12(2,3)4/h6-9H,1-5H3/t9-,17?/m1/s1. The minimum Gasteiger partial charge on any atom is -0.597 e. The number of pyridine rings is 1. The van der Waals surface area contributed by atoms with Crippen molar-refractivity contribution >= 4 is 23.0 Å². The Morgan fingerprint density at radius 1 is 1.47 bits per heavy atom. The SMILES string of the molecule is C[C@H](c1cc(Cl)ccn1)N(C)[S+]([O-])C(C)(C)C. The molecule has 0 spiro atoms. The fourth-order valence-corrected chi connectivity index (χ4v) is 2.84. The maximum atomic E-state index is 12.2. The van der Waals surface area contributed by atoms with E-state index >= 15 is 0 Å². The highest BCUT2D eigenvalue weighted by Gasteiger charge is 2.34. The van der Waals surface area contributed by atoms with Crippen molar-refractivity contribution in [3.63, 3.8) is 0 Å². The number of hydrogen-bond donors (Lipinski definition) is 0. The van der Waals surface area contributed by atoms with Crippen molar-refractivity contribution < 1.29 is 4.55 Å². The molecule has 0 aliphatic carbocycles. The largest absolute Gasteiger partial charge is 0.597 e. The van der Waals surface area contributed by atoms with Gasteiger partial charge in [0.05, 0.1) is 11.7 Å². The van der Waals surface area contributed by atoms with E-state index in [1.165, 1.54) is 0 Å². The highest BCUT2D eigenvalue weighted by molar-refractivity contribution is 7.90. The van der Waals surface area contributed by atoms with Crippen LogP contribution in [0.5, 0.6) is 0 Å². The summed E-state index contributed by atoms with van der Waals surface area (Å²) in [6.07, 6.45) is 1.67. The number of aromatic nitrogens is 1. The number of rotatable bonds is 3. The van der Waals surface area contributed by atoms with Crippen molar-refractivity contribution in [2.24, 2.45) is 0 Å². The molecule has 0 aliphatic rings. The molecule has 1 unspecified atom stereocenters. The third-order valence-corrected chi connectivity index (χ3v) is 4.62. The molecule has 0 radical (unpaired) electrons. The Morgan fingerprint density at radius 3 is 2.53 bits per heavy atom. The first-order chi connectivity index (χ1) is 7.73. The van der Waals surface area contributed by atoms with E-state index in [-0.39, 0.29) is 10.8 Å². The van der Waals surface area contributed by atoms with E-state index in [1.807, 2.05) is 45.1 Å². The average molecular weight is 275 g/mol. The van der Waals surface area contributed by atoms with Crippen LogP contribution in [0.2, 0.25) is 5.02 Å². The zero-order valence-electron chi connectivity index (χ0n) is 10.9. The molecule has 0 aromatic carbocycles. The van der Waals surface area contributed by atoms with Gasteiger partial charge in [-0.3, -0.25) is 4.98 Å². The van der Waals surface area contributed by atoms with Crippen LogP contribution in [0.15, 0.2) is 18.3 Å². The minimum atomic E-state index is -1.07. The molecule has 0 saturated carbocycles. The monoisotopic (exact) mass is 274 g/mol. The fraction of sp³-hybridized carbons (Fsp3) is 0.583. The van der Waals surface area contributed by atoms with Crippen molar-refractivity contribution in [2.75, 3.05) is 7.05 Å². The number of halogens is 1. The lowest BCUT2D eigenvalue weighted by Crippen LogP contribution is -2.42. The van der Waals surface area contributed by atoms with Crippen LogP contribution in [0.1, 0.15) is 39.4 Å². The van der Waals surface area contributed by atoms with Gasteiger partial charge in [0.2, 0.25) is 0 Å². The van der Waals surface area contributed by atoms with Gasteiger partial charge in [0.25, 0.3) is 0 Å². The molecular weight excluding hydrogens is 256 g/mol. The summed E-state index contributed by atoms with van der Waals surface area (Å²) in [5, 5.41) is 0.650. The van der Waals surface area contributed by atoms with Crippen LogP contribution in [0.25, 0.3) is 0 Å². The smallest absolute Gasteiger partial charge is 0.137 e. The molecule has 0 bridgehead atoms. The molecule has 0 saturated heterocycles. The molecule has 1 rings (SSSR count). The predicted molar refractivity (Wildman–Crippen MR) is 73.3 cm³/mol. The highest BCUT2D eigenvalue weighted by atomic mass is 35.5. The maximum Gasteiger partial charge on any atom is 0.137 e. The first-order valence-corrected chi connectivity index (χ1v) is 6.98. The van der Waals surface area contributed by atoms with E-state index in [9.17, 15) is 4.55 Å². The quantitative estimate of drug-likeness (QED) is 0.795. The average Bonchev–Trinajstić information content (AvgIpc) is 2.25. The summed E-state index contributed by atoms with van der Waals surface area (Å²) in [6.45, 7) is 7.84. The van der Waals surface area contributed by atoms with Crippen LogP contribution in [-0.4, -0.2) is 25.6 Å². The van der Waals surface area contributed by atoms with Gasteiger partial charge < -0.3 is 4.55 Å². The minimum absolute atomic E-state index is 0.0336. The summed E-state index contributed by atoms with van der Waals surface area (Å²) in [5.74, 6) is 0. The molecule has 1 aromatic rings. The first kappa shape index (κ1) is 14.8. The Balaban J connectivity index is 2.86. The molecule has 17 heavy (non-hydrogen) atoms. The third kappa shape index (κ3) is 3.85. The summed E-state index contributed by atoms with van der Waals surface area (Å²) in [7, 11) is 1.84. The van der Waals surface area contributed by atoms with Crippen LogP contribution < -0.4 is 0 Å². The Hall–Kier alpha value is -0.290. The van der Waals surface area contributed by atoms with Crippen molar-refractivity contribution in [1.29, 1.82) is 0 Å². The van der Waals surface area contributed by atoms with E-state index in [0.717, 1.165) is 5.69 Å². The lowest BCUT2D eigenvalue weighted by molar-refractivity contribution is 0.377. The Labute approximate surface area is 111 Å². The molecule has 1 heterocycles. The van der Waals surface area contributed by atoms with E-state index in [1.54, 1.807) is 12.3 Å². The second-order valence-corrected chi connectivity index (χ2v) is 7.72. The molecule has 0 aliphatic heterocycles. The molecule has 5 heteroatoms. The second-order valence-electron chi connectivity index (χ2n) is 4.98. The van der Waals surface area contributed by atoms with Crippen LogP contribution in [0.4, 0.5) is 0 Å². The highest BCUT2D eigenvalue weighted by Crippen LogP contribution is 2.27. The molecule has 2 atom stereocenters. The molecule has 0 fully saturated rings. The van der Waals surface area contributed by atoms with Gasteiger partial charge in [-0.2, -0.15) is 0 Å². The Morgan fingerprint density at radius 2 is 2.06 bits per heavy atom. The lowest BCUT2D eigenvalue weighted by atomic mass is 10.2. The topological polar surface area (TPSA) is 39.2 Å². The van der Waals surface area contributed by atoms with Gasteiger partial charge in [0, 0.05) is 29.6 Å². The second kappa shape index (κ2) is 5.57. The van der Waals surface area contributed by atoms with Crippen LogP contribution in [0, 0.1) is 0 Å². The van der Waals surface area contributed by atoms with Gasteiger partial charge in [0.1, 0.15) is 4.75 Å². The van der Waals surface area contributed by atoms with Crippen LogP contribution in [-0.2, 0) is 11.4 Å². The number of hydrogen-bond acceptors (Lipinski definition) is 3. The van der Waals surface area contributed by atoms with Crippen LogP contribution in [0.3, 0.4) is 0 Å². The molecule has 0 N–H and O–H groups in total. The van der Waals surface area contributed by atoms with Gasteiger partial charge >= 0.3 is 0 Å². The normalized spacial score (nSPS) is 16.0. The van der Waals surface area contributed by atoms with E-state index in [0.29, 0.717) is 5.02 Å². The number of nitrogens with zero attached hydrogens (tertiary/aromatic N) is 2. The summed E-state index contributed by atoms with van der Waals surface area (Å²) in [6, 6.07) is 3.51. The molecular formula is C12H19ClN2OS. The zero-order valence-corrected chi connectivity index (χ0v) is 12.5. The predicted octanol–water partition coefficient (Wildman–Crippen LogP) is 3.19. The summed E-state index contributed by atoms with van der Waals surface area (Å²) in [5.41, 5.74) is 0.831. The molecule has 96 valence electrons. The van der Waals surface area contributed by atoms with Gasteiger partial charge in [-0.15, -0.1) is 4.31 Å². The van der Waals surface area contributed by atoms with Gasteiger partial charge in [-0.25, -0.2) is 0 Å². The van der Waals surface area contributed by atoms with Gasteiger partial charge in [0.15, 0.2) is 0 Å². The van der Waals surface area contributed by atoms with Crippen molar-refractivity contribution in [1.82, 2.24) is 9.29 Å². The summed E-state index contributed by atoms with van der Waals surface area (Å²) in [4.78, 5) is 4.26. The Kier molecular flexibility index (Phi) is 4.84. The fourth-order valence-electron chi connectivity index (χ4n) is 1.41. The van der Waals surface area contributed by atoms with Crippen molar-refractivity contribution in [3.8, 4) is 0 Å². The van der Waals surface area contributed by atoms with Gasteiger partial charge in [-0.05, 0) is 39.8 Å². The first-order valence-electron chi connectivity index (χ1n) is 5.49. The van der Waals surface area contributed by atoms with Gasteiger partial charge in [-0.1, -0.05) is 11.6 Å².